The Kier molecular flexibility index (Phi) is 8.63. The molecule has 3 aromatic rings. The van der Waals surface area contributed by atoms with Gasteiger partial charge in [0.25, 0.3) is 0 Å². The maximum Gasteiger partial charge on any atom is 0.183 e. The van der Waals surface area contributed by atoms with E-state index in [4.69, 9.17) is 4.74 Å². The maximum absolute atomic E-state index is 14.6. The van der Waals surface area contributed by atoms with Crippen LogP contribution in [0.5, 0.6) is 0 Å². The van der Waals surface area contributed by atoms with E-state index in [1.54, 1.807) is 11.8 Å². The quantitative estimate of drug-likeness (QED) is 0.270. The minimum Gasteiger partial charge on any atom is -0.379 e. The lowest BCUT2D eigenvalue weighted by atomic mass is 9.70. The molecule has 1 saturated heterocycles. The highest BCUT2D eigenvalue weighted by Crippen LogP contribution is 2.42. The number of ether oxygens (including phenoxy) is 1. The first-order chi connectivity index (χ1) is 17.8. The fourth-order valence-electron chi connectivity index (χ4n) is 5.29. The van der Waals surface area contributed by atoms with E-state index in [1.807, 2.05) is 52.5 Å². The average Bonchev–Trinajstić information content (AvgIpc) is 2.93. The molecule has 5 nitrogen and oxygen atoms in total. The van der Waals surface area contributed by atoms with Crippen LogP contribution in [-0.4, -0.2) is 77.0 Å². The number of nitrogens with zero attached hydrogens (tertiary/aromatic N) is 3. The van der Waals surface area contributed by atoms with E-state index >= 15 is 0 Å². The highest BCUT2D eigenvalue weighted by atomic mass is 32.2. The molecule has 0 amide bonds. The van der Waals surface area contributed by atoms with E-state index in [9.17, 15) is 4.79 Å². The first kappa shape index (κ1) is 27.2. The predicted octanol–water partition coefficient (Wildman–Crippen LogP) is 5.65. The first-order valence-electron chi connectivity index (χ1n) is 12.8. The van der Waals surface area contributed by atoms with Gasteiger partial charge in [-0.25, -0.2) is 0 Å². The van der Waals surface area contributed by atoms with Gasteiger partial charge in [0, 0.05) is 69.0 Å². The fraction of sp³-hybridized carbons (Fsp3) is 0.387. The van der Waals surface area contributed by atoms with Gasteiger partial charge in [-0.05, 0) is 60.7 Å². The minimum absolute atomic E-state index is 0.139. The van der Waals surface area contributed by atoms with Gasteiger partial charge < -0.3 is 14.5 Å². The Hall–Kier alpha value is -2.80. The van der Waals surface area contributed by atoms with Crippen molar-refractivity contribution in [3.05, 3.63) is 89.5 Å². The van der Waals surface area contributed by atoms with Gasteiger partial charge in [-0.2, -0.15) is 0 Å². The standard InChI is InChI=1S/C31H39N3O2S/c1-31(34-19-21-36-22-20-34,30(35)25-11-17-28(37-6)18-12-25)29(23-7-13-26(14-8-23)32(2)3)24-9-15-27(16-10-24)33(4)5/h7-18,29H,19-22H2,1-6H3. The molecular formula is C31H39N3O2S. The number of ketones is 1. The summed E-state index contributed by atoms with van der Waals surface area (Å²) in [5.74, 6) is -0.0221. The Labute approximate surface area is 226 Å². The molecule has 3 aromatic carbocycles. The van der Waals surface area contributed by atoms with Gasteiger partial charge in [0.2, 0.25) is 0 Å². The number of rotatable bonds is 9. The molecule has 0 N–H and O–H groups in total. The van der Waals surface area contributed by atoms with Crippen LogP contribution in [0, 0.1) is 0 Å². The lowest BCUT2D eigenvalue weighted by molar-refractivity contribution is -0.0143. The van der Waals surface area contributed by atoms with E-state index < -0.39 is 5.54 Å². The summed E-state index contributed by atoms with van der Waals surface area (Å²) < 4.78 is 5.72. The Bertz CT molecular complexity index is 1120. The van der Waals surface area contributed by atoms with Gasteiger partial charge in [-0.15, -0.1) is 11.8 Å². The van der Waals surface area contributed by atoms with Crippen molar-refractivity contribution < 1.29 is 9.53 Å². The number of hydrogen-bond acceptors (Lipinski definition) is 6. The molecule has 37 heavy (non-hydrogen) atoms. The van der Waals surface area contributed by atoms with Crippen molar-refractivity contribution in [1.29, 1.82) is 0 Å². The van der Waals surface area contributed by atoms with Crippen LogP contribution in [0.15, 0.2) is 77.7 Å². The average molecular weight is 518 g/mol. The molecule has 0 radical (unpaired) electrons. The van der Waals surface area contributed by atoms with Crippen LogP contribution < -0.4 is 9.80 Å². The second kappa shape index (κ2) is 11.7. The number of thioether (sulfide) groups is 1. The predicted molar refractivity (Wildman–Crippen MR) is 157 cm³/mol. The second-order valence-electron chi connectivity index (χ2n) is 10.2. The first-order valence-corrected chi connectivity index (χ1v) is 14.0. The monoisotopic (exact) mass is 517 g/mol. The van der Waals surface area contributed by atoms with Gasteiger partial charge >= 0.3 is 0 Å². The summed E-state index contributed by atoms with van der Waals surface area (Å²) in [6, 6.07) is 25.4. The molecule has 1 aliphatic rings. The summed E-state index contributed by atoms with van der Waals surface area (Å²) in [6.45, 7) is 4.81. The van der Waals surface area contributed by atoms with Crippen molar-refractivity contribution in [2.45, 2.75) is 23.3 Å². The van der Waals surface area contributed by atoms with Crippen LogP contribution in [0.25, 0.3) is 0 Å². The van der Waals surface area contributed by atoms with Gasteiger partial charge in [0.05, 0.1) is 18.8 Å². The summed E-state index contributed by atoms with van der Waals surface area (Å²) in [6.07, 6.45) is 2.06. The number of morpholine rings is 1. The number of benzene rings is 3. The Morgan fingerprint density at radius 2 is 1.27 bits per heavy atom. The largest absolute Gasteiger partial charge is 0.379 e. The number of hydrogen-bond donors (Lipinski definition) is 0. The summed E-state index contributed by atoms with van der Waals surface area (Å²) in [4.78, 5) is 22.3. The van der Waals surface area contributed by atoms with E-state index in [0.717, 1.165) is 33.0 Å². The molecule has 0 saturated carbocycles. The van der Waals surface area contributed by atoms with E-state index in [-0.39, 0.29) is 11.7 Å². The third-order valence-electron chi connectivity index (χ3n) is 7.53. The molecular weight excluding hydrogens is 478 g/mol. The summed E-state index contributed by atoms with van der Waals surface area (Å²) >= 11 is 1.69. The topological polar surface area (TPSA) is 36.0 Å². The number of Topliss-reactive ketones (excluding diaryl/α,β-unsaturated/α-hetero) is 1. The fourth-order valence-corrected chi connectivity index (χ4v) is 5.70. The van der Waals surface area contributed by atoms with Gasteiger partial charge in [-0.3, -0.25) is 9.69 Å². The number of anilines is 2. The van der Waals surface area contributed by atoms with Crippen LogP contribution in [0.3, 0.4) is 0 Å². The van der Waals surface area contributed by atoms with Crippen molar-refractivity contribution in [2.24, 2.45) is 0 Å². The molecule has 1 aliphatic heterocycles. The van der Waals surface area contributed by atoms with E-state index in [2.05, 4.69) is 76.4 Å². The summed E-state index contributed by atoms with van der Waals surface area (Å²) in [5, 5.41) is 0. The van der Waals surface area contributed by atoms with Crippen molar-refractivity contribution in [3.8, 4) is 0 Å². The number of carbonyl (C=O) groups excluding carboxylic acids is 1. The SMILES string of the molecule is CSc1ccc(C(=O)C(C)(C(c2ccc(N(C)C)cc2)c2ccc(N(C)C)cc2)N2CCOCC2)cc1. The molecule has 1 fully saturated rings. The zero-order chi connectivity index (χ0) is 26.6. The van der Waals surface area contributed by atoms with E-state index in [0.29, 0.717) is 26.3 Å². The molecule has 1 heterocycles. The van der Waals surface area contributed by atoms with Crippen LogP contribution in [-0.2, 0) is 4.74 Å². The molecule has 0 spiro atoms. The molecule has 1 atom stereocenters. The molecule has 0 aliphatic carbocycles. The zero-order valence-corrected chi connectivity index (χ0v) is 23.7. The van der Waals surface area contributed by atoms with Gasteiger partial charge in [0.15, 0.2) is 5.78 Å². The van der Waals surface area contributed by atoms with Crippen molar-refractivity contribution in [2.75, 3.05) is 70.5 Å². The maximum atomic E-state index is 14.6. The van der Waals surface area contributed by atoms with Crippen molar-refractivity contribution in [1.82, 2.24) is 4.90 Å². The molecule has 0 bridgehead atoms. The Morgan fingerprint density at radius 3 is 1.68 bits per heavy atom. The third kappa shape index (κ3) is 5.71. The summed E-state index contributed by atoms with van der Waals surface area (Å²) in [7, 11) is 8.19. The van der Waals surface area contributed by atoms with Crippen LogP contribution in [0.2, 0.25) is 0 Å². The number of carbonyl (C=O) groups is 1. The lowest BCUT2D eigenvalue weighted by Gasteiger charge is -2.47. The van der Waals surface area contributed by atoms with Crippen LogP contribution in [0.1, 0.15) is 34.3 Å². The molecule has 0 aromatic heterocycles. The van der Waals surface area contributed by atoms with Gasteiger partial charge in [0.1, 0.15) is 0 Å². The Morgan fingerprint density at radius 1 is 0.811 bits per heavy atom. The highest BCUT2D eigenvalue weighted by Gasteiger charge is 2.48. The minimum atomic E-state index is -0.802. The van der Waals surface area contributed by atoms with Crippen LogP contribution in [0.4, 0.5) is 11.4 Å². The summed E-state index contributed by atoms with van der Waals surface area (Å²) in [5.41, 5.74) is 4.48. The van der Waals surface area contributed by atoms with Gasteiger partial charge in [-0.1, -0.05) is 36.4 Å². The van der Waals surface area contributed by atoms with Crippen molar-refractivity contribution in [3.63, 3.8) is 0 Å². The highest BCUT2D eigenvalue weighted by molar-refractivity contribution is 7.98. The molecule has 6 heteroatoms. The zero-order valence-electron chi connectivity index (χ0n) is 22.9. The Balaban J connectivity index is 1.89. The van der Waals surface area contributed by atoms with Crippen molar-refractivity contribution >= 4 is 28.9 Å². The van der Waals surface area contributed by atoms with E-state index in [1.165, 1.54) is 0 Å². The molecule has 196 valence electrons. The molecule has 1 unspecified atom stereocenters. The second-order valence-corrected chi connectivity index (χ2v) is 11.1. The van der Waals surface area contributed by atoms with Crippen LogP contribution >= 0.6 is 11.8 Å². The smallest absolute Gasteiger partial charge is 0.183 e. The lowest BCUT2D eigenvalue weighted by Crippen LogP contribution is -2.59. The molecule has 4 rings (SSSR count). The normalized spacial score (nSPS) is 15.9. The third-order valence-corrected chi connectivity index (χ3v) is 8.27.